The third-order valence-corrected chi connectivity index (χ3v) is 5.22. The minimum atomic E-state index is -0.932. The quantitative estimate of drug-likeness (QED) is 0.569. The molecule has 3 rings (SSSR count). The van der Waals surface area contributed by atoms with Gasteiger partial charge in [0.2, 0.25) is 0 Å². The van der Waals surface area contributed by atoms with Crippen molar-refractivity contribution in [3.8, 4) is 6.07 Å². The molecule has 1 saturated heterocycles. The van der Waals surface area contributed by atoms with Crippen molar-refractivity contribution in [1.29, 1.82) is 5.26 Å². The second-order valence-corrected chi connectivity index (χ2v) is 7.31. The van der Waals surface area contributed by atoms with Crippen LogP contribution in [0.4, 0.5) is 5.69 Å². The maximum atomic E-state index is 12.2. The Bertz CT molecular complexity index is 908. The molecule has 0 amide bonds. The van der Waals surface area contributed by atoms with Gasteiger partial charge in [-0.05, 0) is 66.3 Å². The number of hydrogen-bond donors (Lipinski definition) is 2. The molecule has 0 aromatic heterocycles. The number of carbonyl (C=O) groups excluding carboxylic acids is 1. The van der Waals surface area contributed by atoms with Crippen LogP contribution < -0.4 is 4.90 Å². The molecular formula is C23H26N2O3. The fourth-order valence-electron chi connectivity index (χ4n) is 3.56. The van der Waals surface area contributed by atoms with Gasteiger partial charge >= 0.3 is 0 Å². The summed E-state index contributed by atoms with van der Waals surface area (Å²) in [4.78, 5) is 14.6. The largest absolute Gasteiger partial charge is 0.394 e. The van der Waals surface area contributed by atoms with Crippen LogP contribution in [0.25, 0.3) is 16.8 Å². The molecule has 5 nitrogen and oxygen atoms in total. The molecule has 0 unspecified atom stereocenters. The minimum absolute atomic E-state index is 0.0356. The number of Topliss-reactive ketones (excluding diaryl/α,β-unsaturated/α-hetero) is 1. The number of carbonyl (C=O) groups is 1. The molecule has 0 aliphatic carbocycles. The van der Waals surface area contributed by atoms with Crippen molar-refractivity contribution in [2.24, 2.45) is 0 Å². The first kappa shape index (κ1) is 20.1. The number of piperidine rings is 1. The van der Waals surface area contributed by atoms with E-state index in [1.807, 2.05) is 24.3 Å². The van der Waals surface area contributed by atoms with E-state index in [1.54, 1.807) is 6.08 Å². The number of hydrogen-bond acceptors (Lipinski definition) is 5. The Balaban J connectivity index is 1.78. The normalized spacial score (nSPS) is 16.0. The predicted molar refractivity (Wildman–Crippen MR) is 111 cm³/mol. The van der Waals surface area contributed by atoms with Gasteiger partial charge in [0.1, 0.15) is 6.07 Å². The van der Waals surface area contributed by atoms with Gasteiger partial charge in [0.05, 0.1) is 18.3 Å². The molecule has 1 aliphatic heterocycles. The van der Waals surface area contributed by atoms with Crippen LogP contribution in [0.1, 0.15) is 37.7 Å². The van der Waals surface area contributed by atoms with Crippen molar-refractivity contribution in [2.75, 3.05) is 24.6 Å². The van der Waals surface area contributed by atoms with Gasteiger partial charge in [-0.1, -0.05) is 18.2 Å². The molecule has 2 aromatic carbocycles. The molecule has 5 heteroatoms. The topological polar surface area (TPSA) is 84.6 Å². The monoisotopic (exact) mass is 378 g/mol. The van der Waals surface area contributed by atoms with Crippen molar-refractivity contribution in [2.45, 2.75) is 38.2 Å². The molecule has 2 aromatic rings. The van der Waals surface area contributed by atoms with Gasteiger partial charge in [0, 0.05) is 25.2 Å². The van der Waals surface area contributed by atoms with E-state index in [-0.39, 0.29) is 30.8 Å². The summed E-state index contributed by atoms with van der Waals surface area (Å²) in [7, 11) is 0. The summed E-state index contributed by atoms with van der Waals surface area (Å²) >= 11 is 0. The minimum Gasteiger partial charge on any atom is -0.394 e. The number of allylic oxidation sites excluding steroid dienone is 1. The lowest BCUT2D eigenvalue weighted by Gasteiger charge is -2.29. The average Bonchev–Trinajstić information content (AvgIpc) is 2.75. The van der Waals surface area contributed by atoms with Crippen LogP contribution in [0.5, 0.6) is 0 Å². The molecule has 0 spiro atoms. The van der Waals surface area contributed by atoms with E-state index in [2.05, 4.69) is 23.1 Å². The van der Waals surface area contributed by atoms with Crippen molar-refractivity contribution < 1.29 is 15.0 Å². The maximum Gasteiger partial charge on any atom is 0.173 e. The number of benzene rings is 2. The number of fused-ring (bicyclic) bond motifs is 1. The van der Waals surface area contributed by atoms with E-state index in [0.29, 0.717) is 0 Å². The zero-order chi connectivity index (χ0) is 19.9. The van der Waals surface area contributed by atoms with Crippen LogP contribution in [0, 0.1) is 11.3 Å². The number of aliphatic hydroxyl groups excluding tert-OH is 2. The SMILES string of the molecule is N#C/C(=C\c1ccc2cc(N3CCCCC3)ccc2c1)C(=O)CC[C@H](O)CO. The Morgan fingerprint density at radius 2 is 1.86 bits per heavy atom. The molecule has 2 N–H and O–H groups in total. The van der Waals surface area contributed by atoms with Crippen LogP contribution in [0.15, 0.2) is 42.0 Å². The molecule has 1 fully saturated rings. The zero-order valence-corrected chi connectivity index (χ0v) is 16.0. The van der Waals surface area contributed by atoms with Gasteiger partial charge in [-0.25, -0.2) is 0 Å². The molecule has 1 heterocycles. The molecule has 0 bridgehead atoms. The highest BCUT2D eigenvalue weighted by molar-refractivity contribution is 6.03. The smallest absolute Gasteiger partial charge is 0.173 e. The molecule has 1 atom stereocenters. The third kappa shape index (κ3) is 4.98. The maximum absolute atomic E-state index is 12.2. The van der Waals surface area contributed by atoms with Crippen molar-refractivity contribution >= 4 is 28.3 Å². The molecule has 0 saturated carbocycles. The Morgan fingerprint density at radius 3 is 2.57 bits per heavy atom. The van der Waals surface area contributed by atoms with Crippen molar-refractivity contribution in [3.63, 3.8) is 0 Å². The first-order valence-electron chi connectivity index (χ1n) is 9.83. The Labute approximate surface area is 165 Å². The fraction of sp³-hybridized carbons (Fsp3) is 0.391. The van der Waals surface area contributed by atoms with Crippen LogP contribution >= 0.6 is 0 Å². The summed E-state index contributed by atoms with van der Waals surface area (Å²) in [6.07, 6.45) is 4.62. The summed E-state index contributed by atoms with van der Waals surface area (Å²) in [5.41, 5.74) is 2.10. The van der Waals surface area contributed by atoms with Gasteiger partial charge in [-0.3, -0.25) is 4.79 Å². The Hall–Kier alpha value is -2.68. The first-order valence-corrected chi connectivity index (χ1v) is 9.83. The standard InChI is InChI=1S/C23H26N2O3/c24-15-20(23(28)9-8-22(27)16-26)13-17-4-5-19-14-21(7-6-18(19)12-17)25-10-2-1-3-11-25/h4-7,12-14,22,26-27H,1-3,8-11,16H2/b20-13+/t22-/m0/s1. The highest BCUT2D eigenvalue weighted by atomic mass is 16.3. The van der Waals surface area contributed by atoms with E-state index < -0.39 is 6.10 Å². The average molecular weight is 378 g/mol. The zero-order valence-electron chi connectivity index (χ0n) is 16.0. The van der Waals surface area contributed by atoms with E-state index in [4.69, 9.17) is 5.11 Å². The van der Waals surface area contributed by atoms with E-state index in [9.17, 15) is 15.2 Å². The van der Waals surface area contributed by atoms with Crippen LogP contribution in [-0.4, -0.2) is 41.8 Å². The Morgan fingerprint density at radius 1 is 1.14 bits per heavy atom. The third-order valence-electron chi connectivity index (χ3n) is 5.22. The summed E-state index contributed by atoms with van der Waals surface area (Å²) in [6.45, 7) is 1.82. The highest BCUT2D eigenvalue weighted by Crippen LogP contribution is 2.26. The highest BCUT2D eigenvalue weighted by Gasteiger charge is 2.13. The molecule has 28 heavy (non-hydrogen) atoms. The number of aliphatic hydroxyl groups is 2. The number of anilines is 1. The summed E-state index contributed by atoms with van der Waals surface area (Å²) < 4.78 is 0. The second kappa shape index (κ2) is 9.50. The lowest BCUT2D eigenvalue weighted by Crippen LogP contribution is -2.29. The predicted octanol–water partition coefficient (Wildman–Crippen LogP) is 3.44. The van der Waals surface area contributed by atoms with Crippen LogP contribution in [-0.2, 0) is 4.79 Å². The summed E-state index contributed by atoms with van der Waals surface area (Å²) in [5, 5.41) is 29.7. The van der Waals surface area contributed by atoms with Gasteiger partial charge in [0.15, 0.2) is 5.78 Å². The molecule has 0 radical (unpaired) electrons. The number of rotatable bonds is 7. The van der Waals surface area contributed by atoms with Gasteiger partial charge in [-0.15, -0.1) is 0 Å². The van der Waals surface area contributed by atoms with Gasteiger partial charge < -0.3 is 15.1 Å². The summed E-state index contributed by atoms with van der Waals surface area (Å²) in [5.74, 6) is -0.324. The first-order chi connectivity index (χ1) is 13.6. The van der Waals surface area contributed by atoms with E-state index in [0.717, 1.165) is 29.4 Å². The number of ketones is 1. The number of nitrogens with zero attached hydrogens (tertiary/aromatic N) is 2. The van der Waals surface area contributed by atoms with Gasteiger partial charge in [0.25, 0.3) is 0 Å². The lowest BCUT2D eigenvalue weighted by atomic mass is 10.0. The molecular weight excluding hydrogens is 352 g/mol. The number of nitriles is 1. The van der Waals surface area contributed by atoms with Gasteiger partial charge in [-0.2, -0.15) is 5.26 Å². The summed E-state index contributed by atoms with van der Waals surface area (Å²) in [6, 6.07) is 14.3. The van der Waals surface area contributed by atoms with Crippen LogP contribution in [0.2, 0.25) is 0 Å². The van der Waals surface area contributed by atoms with Crippen molar-refractivity contribution in [1.82, 2.24) is 0 Å². The van der Waals surface area contributed by atoms with E-state index >= 15 is 0 Å². The van der Waals surface area contributed by atoms with Crippen molar-refractivity contribution in [3.05, 3.63) is 47.5 Å². The second-order valence-electron chi connectivity index (χ2n) is 7.31. The lowest BCUT2D eigenvalue weighted by molar-refractivity contribution is -0.115. The Kier molecular flexibility index (Phi) is 6.80. The fourth-order valence-corrected chi connectivity index (χ4v) is 3.56. The van der Waals surface area contributed by atoms with E-state index in [1.165, 1.54) is 24.9 Å². The molecule has 146 valence electrons. The molecule has 1 aliphatic rings. The van der Waals surface area contributed by atoms with Crippen LogP contribution in [0.3, 0.4) is 0 Å².